The molecule has 9 heteroatoms. The molecule has 1 fully saturated rings. The van der Waals surface area contributed by atoms with Gasteiger partial charge in [0.05, 0.1) is 29.0 Å². The van der Waals surface area contributed by atoms with Gasteiger partial charge in [0, 0.05) is 37.3 Å². The SMILES string of the molecule is O=C(Nc1ncc2c(n1)-c1ccccc1C(c1ccc(Cl)c(Cl)c1)C2)OCCN1CCOCC1. The molecule has 1 atom stereocenters. The van der Waals surface area contributed by atoms with Crippen molar-refractivity contribution in [1.82, 2.24) is 14.9 Å². The lowest BCUT2D eigenvalue weighted by molar-refractivity contribution is 0.0290. The van der Waals surface area contributed by atoms with E-state index in [4.69, 9.17) is 32.7 Å². The van der Waals surface area contributed by atoms with Crippen LogP contribution in [0.25, 0.3) is 11.3 Å². The van der Waals surface area contributed by atoms with E-state index in [1.165, 1.54) is 0 Å². The molecule has 34 heavy (non-hydrogen) atoms. The minimum absolute atomic E-state index is 0.103. The molecule has 0 saturated carbocycles. The number of hydrogen-bond acceptors (Lipinski definition) is 6. The second-order valence-electron chi connectivity index (χ2n) is 8.30. The summed E-state index contributed by atoms with van der Waals surface area (Å²) in [4.78, 5) is 23.5. The number of carbonyl (C=O) groups excluding carboxylic acids is 1. The van der Waals surface area contributed by atoms with Crippen molar-refractivity contribution in [2.75, 3.05) is 44.8 Å². The second kappa shape index (κ2) is 10.3. The first kappa shape index (κ1) is 23.1. The number of amides is 1. The van der Waals surface area contributed by atoms with Crippen molar-refractivity contribution >= 4 is 35.2 Å². The van der Waals surface area contributed by atoms with Crippen LogP contribution in [0.3, 0.4) is 0 Å². The number of benzene rings is 2. The van der Waals surface area contributed by atoms with Gasteiger partial charge in [0.2, 0.25) is 5.95 Å². The first-order chi connectivity index (χ1) is 16.6. The Morgan fingerprint density at radius 3 is 2.79 bits per heavy atom. The van der Waals surface area contributed by atoms with Gasteiger partial charge in [-0.2, -0.15) is 0 Å². The molecule has 2 aromatic carbocycles. The topological polar surface area (TPSA) is 76.6 Å². The Kier molecular flexibility index (Phi) is 6.97. The number of nitrogens with one attached hydrogen (secondary N) is 1. The van der Waals surface area contributed by atoms with Crippen LogP contribution in [0.2, 0.25) is 10.0 Å². The van der Waals surface area contributed by atoms with Crippen LogP contribution in [0.5, 0.6) is 0 Å². The molecule has 1 N–H and O–H groups in total. The lowest BCUT2D eigenvalue weighted by Gasteiger charge is -2.27. The van der Waals surface area contributed by atoms with Gasteiger partial charge in [-0.05, 0) is 35.2 Å². The first-order valence-electron chi connectivity index (χ1n) is 11.2. The highest BCUT2D eigenvalue weighted by Crippen LogP contribution is 2.42. The van der Waals surface area contributed by atoms with Gasteiger partial charge >= 0.3 is 6.09 Å². The summed E-state index contributed by atoms with van der Waals surface area (Å²) in [6.07, 6.45) is 1.92. The Labute approximate surface area is 208 Å². The summed E-state index contributed by atoms with van der Waals surface area (Å²) in [6.45, 7) is 4.09. The van der Waals surface area contributed by atoms with Gasteiger partial charge in [0.15, 0.2) is 0 Å². The lowest BCUT2D eigenvalue weighted by Crippen LogP contribution is -2.38. The Morgan fingerprint density at radius 1 is 1.15 bits per heavy atom. The van der Waals surface area contributed by atoms with Crippen molar-refractivity contribution in [2.24, 2.45) is 0 Å². The van der Waals surface area contributed by atoms with E-state index in [1.807, 2.05) is 36.4 Å². The van der Waals surface area contributed by atoms with Crippen molar-refractivity contribution in [2.45, 2.75) is 12.3 Å². The number of rotatable bonds is 5. The summed E-state index contributed by atoms with van der Waals surface area (Å²) in [6, 6.07) is 13.9. The van der Waals surface area contributed by atoms with Crippen LogP contribution >= 0.6 is 23.2 Å². The largest absolute Gasteiger partial charge is 0.448 e. The third-order valence-electron chi connectivity index (χ3n) is 6.18. The number of hydrogen-bond donors (Lipinski definition) is 1. The molecule has 1 unspecified atom stereocenters. The number of aromatic nitrogens is 2. The van der Waals surface area contributed by atoms with Gasteiger partial charge in [-0.1, -0.05) is 53.5 Å². The quantitative estimate of drug-likeness (QED) is 0.532. The van der Waals surface area contributed by atoms with Crippen LogP contribution in [0.1, 0.15) is 22.6 Å². The van der Waals surface area contributed by atoms with E-state index in [9.17, 15) is 4.79 Å². The molecule has 1 saturated heterocycles. The fraction of sp³-hybridized carbons (Fsp3) is 0.320. The van der Waals surface area contributed by atoms with Gasteiger partial charge in [0.25, 0.3) is 0 Å². The summed E-state index contributed by atoms with van der Waals surface area (Å²) in [5.41, 5.74) is 5.04. The van der Waals surface area contributed by atoms with E-state index >= 15 is 0 Å². The van der Waals surface area contributed by atoms with Crippen LogP contribution in [0.4, 0.5) is 10.7 Å². The number of nitrogens with zero attached hydrogens (tertiary/aromatic N) is 3. The molecule has 1 amide bonds. The minimum Gasteiger partial charge on any atom is -0.448 e. The third-order valence-corrected chi connectivity index (χ3v) is 6.92. The fourth-order valence-electron chi connectivity index (χ4n) is 4.44. The van der Waals surface area contributed by atoms with Crippen molar-refractivity contribution in [3.8, 4) is 11.3 Å². The average molecular weight is 499 g/mol. The summed E-state index contributed by atoms with van der Waals surface area (Å²) in [5, 5.41) is 3.72. The second-order valence-corrected chi connectivity index (χ2v) is 9.11. The molecule has 0 bridgehead atoms. The van der Waals surface area contributed by atoms with Gasteiger partial charge in [-0.25, -0.2) is 14.8 Å². The highest BCUT2D eigenvalue weighted by atomic mass is 35.5. The molecular weight excluding hydrogens is 475 g/mol. The van der Waals surface area contributed by atoms with Crippen LogP contribution in [-0.4, -0.2) is 60.4 Å². The van der Waals surface area contributed by atoms with Crippen LogP contribution < -0.4 is 5.32 Å². The molecule has 5 rings (SSSR count). The Bertz CT molecular complexity index is 1200. The van der Waals surface area contributed by atoms with E-state index in [0.29, 0.717) is 42.8 Å². The minimum atomic E-state index is -0.564. The maximum atomic E-state index is 12.3. The van der Waals surface area contributed by atoms with E-state index < -0.39 is 6.09 Å². The first-order valence-corrected chi connectivity index (χ1v) is 12.0. The number of morpholine rings is 1. The molecule has 2 aliphatic rings. The van der Waals surface area contributed by atoms with Gasteiger partial charge in [-0.3, -0.25) is 10.2 Å². The maximum Gasteiger partial charge on any atom is 0.414 e. The van der Waals surface area contributed by atoms with Crippen molar-refractivity contribution in [1.29, 1.82) is 0 Å². The molecule has 0 spiro atoms. The molecular formula is C25H24Cl2N4O3. The van der Waals surface area contributed by atoms with Gasteiger partial charge < -0.3 is 9.47 Å². The normalized spacial score (nSPS) is 17.5. The maximum absolute atomic E-state index is 12.3. The number of carbonyl (C=O) groups is 1. The summed E-state index contributed by atoms with van der Waals surface area (Å²) in [7, 11) is 0. The van der Waals surface area contributed by atoms with Crippen LogP contribution in [0, 0.1) is 0 Å². The lowest BCUT2D eigenvalue weighted by atomic mass is 9.78. The van der Waals surface area contributed by atoms with Crippen molar-refractivity contribution in [3.05, 3.63) is 75.4 Å². The predicted molar refractivity (Wildman–Crippen MR) is 132 cm³/mol. The fourth-order valence-corrected chi connectivity index (χ4v) is 4.75. The average Bonchev–Trinajstić information content (AvgIpc) is 2.86. The zero-order chi connectivity index (χ0) is 23.5. The van der Waals surface area contributed by atoms with E-state index in [-0.39, 0.29) is 11.9 Å². The molecule has 1 aliphatic heterocycles. The summed E-state index contributed by atoms with van der Waals surface area (Å²) < 4.78 is 10.7. The highest BCUT2D eigenvalue weighted by molar-refractivity contribution is 6.42. The molecule has 176 valence electrons. The Morgan fingerprint density at radius 2 is 1.97 bits per heavy atom. The van der Waals surface area contributed by atoms with Crippen molar-refractivity contribution in [3.63, 3.8) is 0 Å². The molecule has 2 heterocycles. The van der Waals surface area contributed by atoms with Gasteiger partial charge in [-0.15, -0.1) is 0 Å². The number of ether oxygens (including phenoxy) is 2. The zero-order valence-corrected chi connectivity index (χ0v) is 20.0. The smallest absolute Gasteiger partial charge is 0.414 e. The van der Waals surface area contributed by atoms with Crippen LogP contribution in [0.15, 0.2) is 48.7 Å². The Hall–Kier alpha value is -2.71. The Balaban J connectivity index is 1.31. The molecule has 0 radical (unpaired) electrons. The standard InChI is InChI=1S/C25H24Cl2N4O3/c26-21-6-5-16(14-22(21)27)20-13-17-15-28-24(29-23(17)19-4-2-1-3-18(19)20)30-25(32)34-12-9-31-7-10-33-11-8-31/h1-6,14-15,20H,7-13H2,(H,28,29,30,32). The van der Waals surface area contributed by atoms with E-state index in [1.54, 1.807) is 6.20 Å². The number of halogens is 2. The molecule has 3 aromatic rings. The third kappa shape index (κ3) is 5.03. The molecule has 7 nitrogen and oxygen atoms in total. The van der Waals surface area contributed by atoms with E-state index in [0.717, 1.165) is 41.0 Å². The number of anilines is 1. The van der Waals surface area contributed by atoms with Crippen molar-refractivity contribution < 1.29 is 14.3 Å². The predicted octanol–water partition coefficient (Wildman–Crippen LogP) is 5.02. The summed E-state index contributed by atoms with van der Waals surface area (Å²) >= 11 is 12.4. The highest BCUT2D eigenvalue weighted by Gasteiger charge is 2.28. The molecule has 1 aliphatic carbocycles. The summed E-state index contributed by atoms with van der Waals surface area (Å²) in [5.74, 6) is 0.323. The van der Waals surface area contributed by atoms with E-state index in [2.05, 4.69) is 26.3 Å². The van der Waals surface area contributed by atoms with Crippen LogP contribution in [-0.2, 0) is 15.9 Å². The number of fused-ring (bicyclic) bond motifs is 3. The molecule has 1 aromatic heterocycles. The monoisotopic (exact) mass is 498 g/mol. The van der Waals surface area contributed by atoms with Gasteiger partial charge in [0.1, 0.15) is 6.61 Å². The zero-order valence-electron chi connectivity index (χ0n) is 18.5.